The normalized spacial score (nSPS) is 12.1. The van der Waals surface area contributed by atoms with Gasteiger partial charge in [0.15, 0.2) is 0 Å². The van der Waals surface area contributed by atoms with Crippen LogP contribution in [0.2, 0.25) is 0 Å². The first-order valence-electron chi connectivity index (χ1n) is 6.90. The van der Waals surface area contributed by atoms with Crippen LogP contribution in [0, 0.1) is 6.92 Å². The molecule has 1 amide bonds. The molecule has 1 heterocycles. The van der Waals surface area contributed by atoms with Crippen molar-refractivity contribution in [3.63, 3.8) is 0 Å². The van der Waals surface area contributed by atoms with Crippen molar-refractivity contribution in [2.75, 3.05) is 0 Å². The third kappa shape index (κ3) is 4.82. The van der Waals surface area contributed by atoms with E-state index >= 15 is 0 Å². The van der Waals surface area contributed by atoms with E-state index in [1.165, 1.54) is 5.56 Å². The maximum atomic E-state index is 12.1. The molecule has 0 saturated carbocycles. The highest BCUT2D eigenvalue weighted by Gasteiger charge is 2.14. The Bertz CT molecular complexity index is 595. The number of thioether (sulfide) groups is 1. The van der Waals surface area contributed by atoms with Gasteiger partial charge in [-0.3, -0.25) is 4.79 Å². The van der Waals surface area contributed by atoms with Gasteiger partial charge in [-0.25, -0.2) is 0 Å². The summed E-state index contributed by atoms with van der Waals surface area (Å²) in [6, 6.07) is 8.20. The molecule has 1 aromatic carbocycles. The number of aromatic nitrogens is 2. The van der Waals surface area contributed by atoms with Gasteiger partial charge in [0, 0.05) is 4.90 Å². The zero-order valence-corrected chi connectivity index (χ0v) is 14.1. The lowest BCUT2D eigenvalue weighted by Gasteiger charge is -2.11. The molecule has 2 rings (SSSR count). The summed E-state index contributed by atoms with van der Waals surface area (Å²) in [6.07, 6.45) is 0.880. The summed E-state index contributed by atoms with van der Waals surface area (Å²) >= 11 is 3.11. The number of rotatable bonds is 6. The van der Waals surface area contributed by atoms with Gasteiger partial charge in [0.1, 0.15) is 10.0 Å². The zero-order valence-electron chi connectivity index (χ0n) is 12.4. The largest absolute Gasteiger partial charge is 0.349 e. The predicted molar refractivity (Wildman–Crippen MR) is 87.6 cm³/mol. The molecule has 0 aliphatic rings. The summed E-state index contributed by atoms with van der Waals surface area (Å²) in [5.74, 6) is 0.0221. The van der Waals surface area contributed by atoms with Crippen LogP contribution in [0.25, 0.3) is 0 Å². The van der Waals surface area contributed by atoms with Crippen LogP contribution in [0.4, 0.5) is 0 Å². The van der Waals surface area contributed by atoms with E-state index in [-0.39, 0.29) is 11.2 Å². The third-order valence-electron chi connectivity index (χ3n) is 2.93. The second-order valence-corrected chi connectivity index (χ2v) is 7.29. The number of nitrogens with zero attached hydrogens (tertiary/aromatic N) is 2. The van der Waals surface area contributed by atoms with Crippen molar-refractivity contribution in [2.45, 2.75) is 43.9 Å². The number of carbonyl (C=O) groups excluding carboxylic acids is 1. The Balaban J connectivity index is 1.83. The van der Waals surface area contributed by atoms with Crippen LogP contribution in [0.15, 0.2) is 29.2 Å². The monoisotopic (exact) mass is 321 g/mol. The van der Waals surface area contributed by atoms with Crippen molar-refractivity contribution in [2.24, 2.45) is 0 Å². The first kappa shape index (κ1) is 16.0. The second kappa shape index (κ2) is 7.56. The third-order valence-corrected chi connectivity index (χ3v) is 5.11. The molecule has 0 fully saturated rings. The Hall–Kier alpha value is -1.40. The molecule has 4 nitrogen and oxygen atoms in total. The highest BCUT2D eigenvalue weighted by molar-refractivity contribution is 8.00. The summed E-state index contributed by atoms with van der Waals surface area (Å²) in [5, 5.41) is 12.7. The highest BCUT2D eigenvalue weighted by Crippen LogP contribution is 2.23. The van der Waals surface area contributed by atoms with Gasteiger partial charge in [0.25, 0.3) is 0 Å². The van der Waals surface area contributed by atoms with Crippen LogP contribution in [0.5, 0.6) is 0 Å². The molecule has 6 heteroatoms. The Morgan fingerprint density at radius 2 is 1.95 bits per heavy atom. The minimum Gasteiger partial charge on any atom is -0.349 e. The Morgan fingerprint density at radius 1 is 1.29 bits per heavy atom. The van der Waals surface area contributed by atoms with Crippen LogP contribution in [0.1, 0.15) is 29.4 Å². The summed E-state index contributed by atoms with van der Waals surface area (Å²) in [5.41, 5.74) is 1.22. The van der Waals surface area contributed by atoms with Gasteiger partial charge in [-0.15, -0.1) is 22.0 Å². The summed E-state index contributed by atoms with van der Waals surface area (Å²) in [6.45, 7) is 6.47. The maximum absolute atomic E-state index is 12.1. The highest BCUT2D eigenvalue weighted by atomic mass is 32.2. The number of amides is 1. The molecular weight excluding hydrogens is 302 g/mol. The van der Waals surface area contributed by atoms with E-state index in [0.717, 1.165) is 21.3 Å². The minimum absolute atomic E-state index is 0.0221. The topological polar surface area (TPSA) is 54.9 Å². The number of benzene rings is 1. The SMILES string of the molecule is CCc1nnc(CNC(=O)C(C)Sc2ccc(C)cc2)s1. The molecule has 1 aromatic heterocycles. The first-order chi connectivity index (χ1) is 10.1. The van der Waals surface area contributed by atoms with E-state index in [9.17, 15) is 4.79 Å². The fourth-order valence-corrected chi connectivity index (χ4v) is 3.30. The molecule has 112 valence electrons. The van der Waals surface area contributed by atoms with Gasteiger partial charge >= 0.3 is 0 Å². The van der Waals surface area contributed by atoms with Crippen molar-refractivity contribution in [1.29, 1.82) is 0 Å². The van der Waals surface area contributed by atoms with Gasteiger partial charge in [-0.1, -0.05) is 36.0 Å². The predicted octanol–water partition coefficient (Wildman–Crippen LogP) is 3.21. The molecule has 1 N–H and O–H groups in total. The molecule has 0 bridgehead atoms. The maximum Gasteiger partial charge on any atom is 0.233 e. The standard InChI is InChI=1S/C15H19N3OS2/c1-4-13-17-18-14(21-13)9-16-15(19)11(3)20-12-7-5-10(2)6-8-12/h5-8,11H,4,9H2,1-3H3,(H,16,19). The molecule has 21 heavy (non-hydrogen) atoms. The molecule has 0 aliphatic carbocycles. The van der Waals surface area contributed by atoms with E-state index in [0.29, 0.717) is 6.54 Å². The van der Waals surface area contributed by atoms with Crippen LogP contribution in [0.3, 0.4) is 0 Å². The fraction of sp³-hybridized carbons (Fsp3) is 0.400. The Kier molecular flexibility index (Phi) is 5.76. The second-order valence-electron chi connectivity index (χ2n) is 4.73. The Morgan fingerprint density at radius 3 is 2.57 bits per heavy atom. The first-order valence-corrected chi connectivity index (χ1v) is 8.60. The number of carbonyl (C=O) groups is 1. The van der Waals surface area contributed by atoms with E-state index < -0.39 is 0 Å². The van der Waals surface area contributed by atoms with Gasteiger partial charge in [-0.2, -0.15) is 0 Å². The molecule has 0 radical (unpaired) electrons. The van der Waals surface area contributed by atoms with Gasteiger partial charge < -0.3 is 5.32 Å². The summed E-state index contributed by atoms with van der Waals surface area (Å²) < 4.78 is 0. The van der Waals surface area contributed by atoms with Crippen molar-refractivity contribution in [1.82, 2.24) is 15.5 Å². The van der Waals surface area contributed by atoms with E-state index in [1.807, 2.05) is 26.0 Å². The van der Waals surface area contributed by atoms with Crippen molar-refractivity contribution in [3.8, 4) is 0 Å². The molecular formula is C15H19N3OS2. The van der Waals surface area contributed by atoms with Crippen LogP contribution < -0.4 is 5.32 Å². The fourth-order valence-electron chi connectivity index (χ4n) is 1.68. The quantitative estimate of drug-likeness (QED) is 0.830. The minimum atomic E-state index is -0.133. The van der Waals surface area contributed by atoms with E-state index in [1.54, 1.807) is 23.1 Å². The van der Waals surface area contributed by atoms with E-state index in [2.05, 4.69) is 34.6 Å². The van der Waals surface area contributed by atoms with Crippen LogP contribution >= 0.6 is 23.1 Å². The molecule has 1 atom stereocenters. The molecule has 0 spiro atoms. The zero-order chi connectivity index (χ0) is 15.2. The number of nitrogens with one attached hydrogen (secondary N) is 1. The Labute approximate surface area is 133 Å². The van der Waals surface area contributed by atoms with Crippen molar-refractivity contribution in [3.05, 3.63) is 39.8 Å². The molecule has 0 aliphatic heterocycles. The van der Waals surface area contributed by atoms with Gasteiger partial charge in [-0.05, 0) is 32.4 Å². The molecule has 0 saturated heterocycles. The van der Waals surface area contributed by atoms with Gasteiger partial charge in [0.05, 0.1) is 11.8 Å². The average molecular weight is 321 g/mol. The lowest BCUT2D eigenvalue weighted by atomic mass is 10.2. The van der Waals surface area contributed by atoms with Gasteiger partial charge in [0.2, 0.25) is 5.91 Å². The average Bonchev–Trinajstić information content (AvgIpc) is 2.95. The smallest absolute Gasteiger partial charge is 0.233 e. The van der Waals surface area contributed by atoms with Crippen LogP contribution in [-0.4, -0.2) is 21.4 Å². The van der Waals surface area contributed by atoms with Crippen molar-refractivity contribution < 1.29 is 4.79 Å². The number of hydrogen-bond donors (Lipinski definition) is 1. The number of aryl methyl sites for hydroxylation is 2. The van der Waals surface area contributed by atoms with Crippen LogP contribution in [-0.2, 0) is 17.8 Å². The lowest BCUT2D eigenvalue weighted by Crippen LogP contribution is -2.30. The van der Waals surface area contributed by atoms with E-state index in [4.69, 9.17) is 0 Å². The summed E-state index contributed by atoms with van der Waals surface area (Å²) in [4.78, 5) is 13.2. The number of hydrogen-bond acceptors (Lipinski definition) is 5. The summed E-state index contributed by atoms with van der Waals surface area (Å²) in [7, 11) is 0. The molecule has 1 unspecified atom stereocenters. The molecule has 2 aromatic rings. The lowest BCUT2D eigenvalue weighted by molar-refractivity contribution is -0.120. The van der Waals surface area contributed by atoms with Crippen molar-refractivity contribution >= 4 is 29.0 Å².